The van der Waals surface area contributed by atoms with E-state index in [4.69, 9.17) is 4.74 Å². The number of likely N-dealkylation sites (tertiary alicyclic amines) is 1. The van der Waals surface area contributed by atoms with E-state index in [1.807, 2.05) is 30.3 Å². The van der Waals surface area contributed by atoms with Gasteiger partial charge in [-0.25, -0.2) is 4.79 Å². The van der Waals surface area contributed by atoms with E-state index in [-0.39, 0.29) is 19.1 Å². The molecular formula is C18H23NO4. The Balaban J connectivity index is 1.61. The van der Waals surface area contributed by atoms with E-state index in [1.165, 1.54) is 0 Å². The topological polar surface area (TPSA) is 66.8 Å². The molecule has 1 aromatic carbocycles. The number of carboxylic acid groups (broad SMARTS) is 1. The number of carbonyl (C=O) groups is 2. The van der Waals surface area contributed by atoms with Crippen molar-refractivity contribution in [2.75, 3.05) is 13.1 Å². The first kappa shape index (κ1) is 15.8. The number of carboxylic acids is 1. The normalized spacial score (nSPS) is 24.8. The third-order valence-electron chi connectivity index (χ3n) is 5.33. The van der Waals surface area contributed by atoms with Gasteiger partial charge >= 0.3 is 12.1 Å². The van der Waals surface area contributed by atoms with Gasteiger partial charge in [0, 0.05) is 13.1 Å². The van der Waals surface area contributed by atoms with Gasteiger partial charge in [-0.2, -0.15) is 0 Å². The van der Waals surface area contributed by atoms with Crippen molar-refractivity contribution >= 4 is 12.1 Å². The average Bonchev–Trinajstić information content (AvgIpc) is 3.23. The van der Waals surface area contributed by atoms with Crippen LogP contribution in [0.4, 0.5) is 4.79 Å². The van der Waals surface area contributed by atoms with Gasteiger partial charge in [-0.3, -0.25) is 4.79 Å². The molecule has 1 aliphatic carbocycles. The molecule has 1 aliphatic heterocycles. The maximum atomic E-state index is 12.3. The summed E-state index contributed by atoms with van der Waals surface area (Å²) in [6, 6.07) is 9.51. The minimum Gasteiger partial charge on any atom is -0.481 e. The first-order chi connectivity index (χ1) is 11.1. The van der Waals surface area contributed by atoms with Crippen LogP contribution in [0.25, 0.3) is 0 Å². The molecule has 124 valence electrons. The Hall–Kier alpha value is -2.04. The Bertz CT molecular complexity index is 568. The standard InChI is InChI=1S/C18H23NO4/c20-16(21)18(15-8-4-5-9-15)10-11-19(13-18)17(22)23-12-14-6-2-1-3-7-14/h1-3,6-7,15H,4-5,8-13H2,(H,20,21). The number of amides is 1. The van der Waals surface area contributed by atoms with Crippen LogP contribution in [0, 0.1) is 11.3 Å². The second-order valence-corrected chi connectivity index (χ2v) is 6.65. The molecule has 0 aromatic heterocycles. The molecule has 1 atom stereocenters. The number of rotatable bonds is 4. The van der Waals surface area contributed by atoms with E-state index >= 15 is 0 Å². The Kier molecular flexibility index (Phi) is 4.55. The lowest BCUT2D eigenvalue weighted by Crippen LogP contribution is -2.41. The number of hydrogen-bond acceptors (Lipinski definition) is 3. The molecule has 1 aromatic rings. The van der Waals surface area contributed by atoms with Gasteiger partial charge in [-0.05, 0) is 30.7 Å². The molecule has 2 aliphatic rings. The van der Waals surface area contributed by atoms with E-state index in [9.17, 15) is 14.7 Å². The molecular weight excluding hydrogens is 294 g/mol. The molecule has 1 amide bonds. The number of hydrogen-bond donors (Lipinski definition) is 1. The number of benzene rings is 1. The Morgan fingerprint density at radius 1 is 1.22 bits per heavy atom. The first-order valence-corrected chi connectivity index (χ1v) is 8.31. The van der Waals surface area contributed by atoms with Crippen LogP contribution in [0.3, 0.4) is 0 Å². The molecule has 1 saturated heterocycles. The summed E-state index contributed by atoms with van der Waals surface area (Å²) in [7, 11) is 0. The average molecular weight is 317 g/mol. The van der Waals surface area contributed by atoms with Gasteiger partial charge in [0.25, 0.3) is 0 Å². The van der Waals surface area contributed by atoms with Crippen LogP contribution in [0.1, 0.15) is 37.7 Å². The quantitative estimate of drug-likeness (QED) is 0.925. The highest BCUT2D eigenvalue weighted by Gasteiger charge is 2.52. The number of carbonyl (C=O) groups excluding carboxylic acids is 1. The Labute approximate surface area is 136 Å². The highest BCUT2D eigenvalue weighted by Crippen LogP contribution is 2.46. The SMILES string of the molecule is O=C(OCc1ccccc1)N1CCC(C(=O)O)(C2CCCC2)C1. The number of ether oxygens (including phenoxy) is 1. The highest BCUT2D eigenvalue weighted by molar-refractivity contribution is 5.78. The van der Waals surface area contributed by atoms with Crippen molar-refractivity contribution in [2.45, 2.75) is 38.7 Å². The predicted octanol–water partition coefficient (Wildman–Crippen LogP) is 3.29. The summed E-state index contributed by atoms with van der Waals surface area (Å²) in [4.78, 5) is 25.7. The highest BCUT2D eigenvalue weighted by atomic mass is 16.6. The maximum absolute atomic E-state index is 12.3. The molecule has 0 radical (unpaired) electrons. The van der Waals surface area contributed by atoms with Gasteiger partial charge in [-0.1, -0.05) is 43.2 Å². The molecule has 1 unspecified atom stereocenters. The molecule has 1 saturated carbocycles. The minimum atomic E-state index is -0.776. The molecule has 0 spiro atoms. The van der Waals surface area contributed by atoms with E-state index in [0.29, 0.717) is 13.0 Å². The van der Waals surface area contributed by atoms with Crippen molar-refractivity contribution < 1.29 is 19.4 Å². The fourth-order valence-electron chi connectivity index (χ4n) is 3.96. The summed E-state index contributed by atoms with van der Waals surface area (Å²) in [5.74, 6) is -0.574. The van der Waals surface area contributed by atoms with Crippen molar-refractivity contribution in [1.29, 1.82) is 0 Å². The lowest BCUT2D eigenvalue weighted by Gasteiger charge is -2.30. The van der Waals surface area contributed by atoms with E-state index in [1.54, 1.807) is 4.90 Å². The van der Waals surface area contributed by atoms with Crippen molar-refractivity contribution in [3.05, 3.63) is 35.9 Å². The van der Waals surface area contributed by atoms with Crippen molar-refractivity contribution in [3.8, 4) is 0 Å². The molecule has 1 heterocycles. The van der Waals surface area contributed by atoms with Gasteiger partial charge in [-0.15, -0.1) is 0 Å². The maximum Gasteiger partial charge on any atom is 0.410 e. The molecule has 2 fully saturated rings. The summed E-state index contributed by atoms with van der Waals surface area (Å²) in [6.45, 7) is 0.969. The van der Waals surface area contributed by atoms with Crippen LogP contribution in [-0.4, -0.2) is 35.2 Å². The largest absolute Gasteiger partial charge is 0.481 e. The Morgan fingerprint density at radius 2 is 1.91 bits per heavy atom. The van der Waals surface area contributed by atoms with Gasteiger partial charge in [0.1, 0.15) is 6.61 Å². The third kappa shape index (κ3) is 3.19. The summed E-state index contributed by atoms with van der Waals surface area (Å²) in [5, 5.41) is 9.75. The molecule has 3 rings (SSSR count). The monoisotopic (exact) mass is 317 g/mol. The lowest BCUT2D eigenvalue weighted by molar-refractivity contribution is -0.151. The van der Waals surface area contributed by atoms with Crippen LogP contribution in [0.2, 0.25) is 0 Å². The molecule has 0 bridgehead atoms. The third-order valence-corrected chi connectivity index (χ3v) is 5.33. The number of nitrogens with zero attached hydrogens (tertiary/aromatic N) is 1. The summed E-state index contributed by atoms with van der Waals surface area (Å²) >= 11 is 0. The van der Waals surface area contributed by atoms with Crippen LogP contribution in [0.15, 0.2) is 30.3 Å². The molecule has 1 N–H and O–H groups in total. The fraction of sp³-hybridized carbons (Fsp3) is 0.556. The second kappa shape index (κ2) is 6.60. The van der Waals surface area contributed by atoms with E-state index < -0.39 is 17.5 Å². The molecule has 5 nitrogen and oxygen atoms in total. The molecule has 23 heavy (non-hydrogen) atoms. The van der Waals surface area contributed by atoms with Gasteiger partial charge in [0.05, 0.1) is 5.41 Å². The number of aliphatic carboxylic acids is 1. The summed E-state index contributed by atoms with van der Waals surface area (Å²) in [5.41, 5.74) is 0.155. The minimum absolute atomic E-state index is 0.187. The predicted molar refractivity (Wildman–Crippen MR) is 84.8 cm³/mol. The second-order valence-electron chi connectivity index (χ2n) is 6.65. The first-order valence-electron chi connectivity index (χ1n) is 8.31. The van der Waals surface area contributed by atoms with Crippen LogP contribution in [-0.2, 0) is 16.1 Å². The Morgan fingerprint density at radius 3 is 2.57 bits per heavy atom. The van der Waals surface area contributed by atoms with E-state index in [0.717, 1.165) is 31.2 Å². The van der Waals surface area contributed by atoms with Crippen molar-refractivity contribution in [1.82, 2.24) is 4.90 Å². The molecule has 5 heteroatoms. The van der Waals surface area contributed by atoms with Gasteiger partial charge in [0.2, 0.25) is 0 Å². The van der Waals surface area contributed by atoms with Crippen LogP contribution >= 0.6 is 0 Å². The van der Waals surface area contributed by atoms with Crippen LogP contribution in [0.5, 0.6) is 0 Å². The van der Waals surface area contributed by atoms with E-state index in [2.05, 4.69) is 0 Å². The van der Waals surface area contributed by atoms with Gasteiger partial charge < -0.3 is 14.7 Å². The van der Waals surface area contributed by atoms with Crippen molar-refractivity contribution in [3.63, 3.8) is 0 Å². The zero-order valence-corrected chi connectivity index (χ0v) is 13.2. The fourth-order valence-corrected chi connectivity index (χ4v) is 3.96. The zero-order valence-electron chi connectivity index (χ0n) is 13.2. The lowest BCUT2D eigenvalue weighted by atomic mass is 9.73. The summed E-state index contributed by atoms with van der Waals surface area (Å²) in [6.07, 6.45) is 4.23. The van der Waals surface area contributed by atoms with Crippen LogP contribution < -0.4 is 0 Å². The van der Waals surface area contributed by atoms with Crippen molar-refractivity contribution in [2.24, 2.45) is 11.3 Å². The summed E-state index contributed by atoms with van der Waals surface area (Å²) < 4.78 is 5.34. The zero-order chi connectivity index (χ0) is 16.3. The smallest absolute Gasteiger partial charge is 0.410 e. The van der Waals surface area contributed by atoms with Gasteiger partial charge in [0.15, 0.2) is 0 Å².